The zero-order valence-corrected chi connectivity index (χ0v) is 34.4. The average Bonchev–Trinajstić information content (AvgIpc) is 3.95. The molecule has 0 radical (unpaired) electrons. The first-order valence-electron chi connectivity index (χ1n) is 20.8. The molecular formula is C57H38N2O2S. The van der Waals surface area contributed by atoms with E-state index in [4.69, 9.17) is 13.8 Å². The van der Waals surface area contributed by atoms with Gasteiger partial charge in [-0.25, -0.2) is 4.98 Å². The summed E-state index contributed by atoms with van der Waals surface area (Å²) in [6, 6.07) is 82.5. The minimum absolute atomic E-state index is 0.611. The average molecular weight is 815 g/mol. The quantitative estimate of drug-likeness (QED) is 0.143. The van der Waals surface area contributed by atoms with Crippen LogP contribution in [0.2, 0.25) is 0 Å². The van der Waals surface area contributed by atoms with Gasteiger partial charge in [-0.05, 0) is 119 Å². The Bertz CT molecular complexity index is 3490. The molecule has 0 spiro atoms. The van der Waals surface area contributed by atoms with Gasteiger partial charge >= 0.3 is 0 Å². The Labute approximate surface area is 360 Å². The van der Waals surface area contributed by atoms with Crippen LogP contribution >= 0.6 is 10.0 Å². The van der Waals surface area contributed by atoms with E-state index in [0.29, 0.717) is 5.89 Å². The summed E-state index contributed by atoms with van der Waals surface area (Å²) in [4.78, 5) is 12.4. The van der Waals surface area contributed by atoms with Gasteiger partial charge in [0.15, 0.2) is 5.58 Å². The van der Waals surface area contributed by atoms with E-state index in [2.05, 4.69) is 193 Å². The lowest BCUT2D eigenvalue weighted by Gasteiger charge is -2.42. The summed E-state index contributed by atoms with van der Waals surface area (Å²) in [6.07, 6.45) is 0. The summed E-state index contributed by atoms with van der Waals surface area (Å²) < 4.78 is 13.2. The van der Waals surface area contributed by atoms with E-state index in [-0.39, 0.29) is 0 Å². The van der Waals surface area contributed by atoms with Crippen LogP contribution in [-0.4, -0.2) is 4.98 Å². The van der Waals surface area contributed by atoms with Gasteiger partial charge in [0.05, 0.1) is 0 Å². The molecule has 0 saturated heterocycles. The second kappa shape index (κ2) is 14.7. The largest absolute Gasteiger partial charge is 0.456 e. The third-order valence-corrected chi connectivity index (χ3v) is 15.9. The molecule has 2 heterocycles. The zero-order valence-electron chi connectivity index (χ0n) is 33.6. The standard InChI is InChI=1S/C57H38N2O2S/c1-5-16-41(17-6-1)57-58-52-35-31-40-29-28-39-30-32-43(37-51(39)55(40)56(52)61-57)59(44-33-34-50-49-26-13-14-27-53(49)60-54(50)38-44)42-18-15-25-48(36-42)62(45-19-7-2-8-20-45,46-21-9-3-10-22-46)47-23-11-4-12-24-47/h1-38H. The van der Waals surface area contributed by atoms with Crippen molar-refractivity contribution in [2.45, 2.75) is 19.6 Å². The van der Waals surface area contributed by atoms with Crippen molar-refractivity contribution >= 4 is 81.7 Å². The molecule has 4 nitrogen and oxygen atoms in total. The molecule has 0 saturated carbocycles. The highest BCUT2D eigenvalue weighted by Crippen LogP contribution is 2.73. The van der Waals surface area contributed by atoms with Gasteiger partial charge in [-0.3, -0.25) is 0 Å². The molecular weight excluding hydrogens is 777 g/mol. The molecule has 5 heteroatoms. The maximum atomic E-state index is 6.67. The Morgan fingerprint density at radius 3 is 1.65 bits per heavy atom. The van der Waals surface area contributed by atoms with Crippen LogP contribution in [0.5, 0.6) is 0 Å². The van der Waals surface area contributed by atoms with Gasteiger partial charge in [-0.15, -0.1) is 10.0 Å². The molecule has 12 aromatic rings. The number of hydrogen-bond donors (Lipinski definition) is 0. The fourth-order valence-corrected chi connectivity index (χ4v) is 13.1. The SMILES string of the molecule is c1ccc(-c2nc3ccc4ccc5ccc(N(c6cccc(S(c7ccccc7)(c7ccccc7)c7ccccc7)c6)c6ccc7c(c6)oc6ccccc67)cc5c4c3o2)cc1. The van der Waals surface area contributed by atoms with Crippen molar-refractivity contribution in [2.24, 2.45) is 0 Å². The molecule has 294 valence electrons. The van der Waals surface area contributed by atoms with Gasteiger partial charge in [-0.1, -0.05) is 121 Å². The van der Waals surface area contributed by atoms with Crippen LogP contribution < -0.4 is 4.90 Å². The number of furan rings is 1. The molecule has 0 aliphatic rings. The molecule has 0 amide bonds. The van der Waals surface area contributed by atoms with Crippen molar-refractivity contribution in [1.29, 1.82) is 0 Å². The Hall–Kier alpha value is -7.86. The summed E-state index contributed by atoms with van der Waals surface area (Å²) in [6.45, 7) is 0. The van der Waals surface area contributed by atoms with Crippen LogP contribution in [0.25, 0.3) is 66.0 Å². The Morgan fingerprint density at radius 1 is 0.371 bits per heavy atom. The molecule has 12 rings (SSSR count). The van der Waals surface area contributed by atoms with Crippen LogP contribution in [0.4, 0.5) is 17.1 Å². The third kappa shape index (κ3) is 5.81. The summed E-state index contributed by atoms with van der Waals surface area (Å²) >= 11 is 0. The van der Waals surface area contributed by atoms with Crippen LogP contribution in [-0.2, 0) is 0 Å². The van der Waals surface area contributed by atoms with E-state index < -0.39 is 10.0 Å². The molecule has 0 aliphatic heterocycles. The van der Waals surface area contributed by atoms with Crippen molar-refractivity contribution in [3.8, 4) is 11.5 Å². The first kappa shape index (κ1) is 36.0. The van der Waals surface area contributed by atoms with Crippen molar-refractivity contribution in [1.82, 2.24) is 4.98 Å². The number of aromatic nitrogens is 1. The topological polar surface area (TPSA) is 42.4 Å². The van der Waals surface area contributed by atoms with E-state index in [1.165, 1.54) is 19.6 Å². The molecule has 0 atom stereocenters. The van der Waals surface area contributed by atoms with Gasteiger partial charge in [0.1, 0.15) is 16.7 Å². The van der Waals surface area contributed by atoms with E-state index in [0.717, 1.165) is 77.2 Å². The number of benzene rings is 10. The second-order valence-corrected chi connectivity index (χ2v) is 18.6. The monoisotopic (exact) mass is 814 g/mol. The highest BCUT2D eigenvalue weighted by atomic mass is 32.3. The maximum Gasteiger partial charge on any atom is 0.227 e. The Balaban J connectivity index is 1.12. The summed E-state index contributed by atoms with van der Waals surface area (Å²) in [5.41, 5.74) is 7.31. The molecule has 0 fully saturated rings. The molecule has 2 aromatic heterocycles. The number of fused-ring (bicyclic) bond motifs is 8. The van der Waals surface area contributed by atoms with E-state index >= 15 is 0 Å². The fourth-order valence-electron chi connectivity index (χ4n) is 9.16. The van der Waals surface area contributed by atoms with Gasteiger partial charge in [0.25, 0.3) is 0 Å². The molecule has 0 aliphatic carbocycles. The summed E-state index contributed by atoms with van der Waals surface area (Å²) in [5, 5.41) is 6.53. The number of nitrogens with zero attached hydrogens (tertiary/aromatic N) is 2. The van der Waals surface area contributed by atoms with Crippen molar-refractivity contribution in [2.75, 3.05) is 4.90 Å². The van der Waals surface area contributed by atoms with Crippen molar-refractivity contribution < 1.29 is 8.83 Å². The second-order valence-electron chi connectivity index (χ2n) is 15.5. The lowest BCUT2D eigenvalue weighted by atomic mass is 10.00. The number of para-hydroxylation sites is 1. The predicted octanol–water partition coefficient (Wildman–Crippen LogP) is 16.5. The Morgan fingerprint density at radius 2 is 0.919 bits per heavy atom. The third-order valence-electron chi connectivity index (χ3n) is 12.0. The van der Waals surface area contributed by atoms with Gasteiger partial charge in [-0.2, -0.15) is 0 Å². The first-order chi connectivity index (χ1) is 30.7. The number of oxazole rings is 1. The predicted molar refractivity (Wildman–Crippen MR) is 256 cm³/mol. The number of rotatable bonds is 8. The molecule has 0 unspecified atom stereocenters. The van der Waals surface area contributed by atoms with Gasteiger partial charge in [0, 0.05) is 64.4 Å². The smallest absolute Gasteiger partial charge is 0.227 e. The lowest BCUT2D eigenvalue weighted by Crippen LogP contribution is -2.11. The summed E-state index contributed by atoms with van der Waals surface area (Å²) in [5.74, 6) is 0.611. The molecule has 0 bridgehead atoms. The number of hydrogen-bond acceptors (Lipinski definition) is 4. The van der Waals surface area contributed by atoms with Crippen LogP contribution in [0.15, 0.2) is 259 Å². The van der Waals surface area contributed by atoms with Crippen LogP contribution in [0.1, 0.15) is 0 Å². The summed E-state index contributed by atoms with van der Waals surface area (Å²) in [7, 11) is -1.96. The normalized spacial score (nSPS) is 12.1. The molecule has 62 heavy (non-hydrogen) atoms. The Kier molecular flexibility index (Phi) is 8.54. The van der Waals surface area contributed by atoms with E-state index in [1.807, 2.05) is 42.5 Å². The lowest BCUT2D eigenvalue weighted by molar-refractivity contribution is 0.623. The highest BCUT2D eigenvalue weighted by molar-refractivity contribution is 8.34. The molecule has 0 N–H and O–H groups in total. The highest BCUT2D eigenvalue weighted by Gasteiger charge is 2.34. The van der Waals surface area contributed by atoms with Crippen LogP contribution in [0.3, 0.4) is 0 Å². The fraction of sp³-hybridized carbons (Fsp3) is 0. The van der Waals surface area contributed by atoms with Crippen LogP contribution in [0, 0.1) is 0 Å². The van der Waals surface area contributed by atoms with E-state index in [9.17, 15) is 0 Å². The number of anilines is 3. The first-order valence-corrected chi connectivity index (χ1v) is 22.5. The minimum atomic E-state index is -1.96. The van der Waals surface area contributed by atoms with Crippen molar-refractivity contribution in [3.05, 3.63) is 231 Å². The van der Waals surface area contributed by atoms with Gasteiger partial charge < -0.3 is 13.7 Å². The maximum absolute atomic E-state index is 6.67. The zero-order chi connectivity index (χ0) is 41.0. The van der Waals surface area contributed by atoms with Crippen molar-refractivity contribution in [3.63, 3.8) is 0 Å². The minimum Gasteiger partial charge on any atom is -0.456 e. The van der Waals surface area contributed by atoms with Gasteiger partial charge in [0.2, 0.25) is 5.89 Å². The van der Waals surface area contributed by atoms with E-state index in [1.54, 1.807) is 0 Å². The molecule has 10 aromatic carbocycles.